The van der Waals surface area contributed by atoms with Crippen LogP contribution in [-0.2, 0) is 14.8 Å². The third-order valence-corrected chi connectivity index (χ3v) is 7.57. The summed E-state index contributed by atoms with van der Waals surface area (Å²) in [7, 11) is -3.59. The normalized spacial score (nSPS) is 15.5. The molecule has 9 heteroatoms. The molecule has 1 fully saturated rings. The average molecular weight is 429 g/mol. The van der Waals surface area contributed by atoms with Crippen molar-refractivity contribution >= 4 is 38.5 Å². The Bertz CT molecular complexity index is 1110. The van der Waals surface area contributed by atoms with Crippen LogP contribution in [0.1, 0.15) is 0 Å². The highest BCUT2D eigenvalue weighted by Gasteiger charge is 2.30. The van der Waals surface area contributed by atoms with E-state index in [4.69, 9.17) is 0 Å². The maximum Gasteiger partial charge on any atom is 0.243 e. The largest absolute Gasteiger partial charge is 0.339 e. The SMILES string of the molecule is O=C(CSc1ncccn1)N1CCN(S(=O)(=O)c2ccc3ccccc3c2)CC1. The minimum atomic E-state index is -3.59. The van der Waals surface area contributed by atoms with Crippen molar-refractivity contribution in [2.75, 3.05) is 31.9 Å². The van der Waals surface area contributed by atoms with E-state index in [2.05, 4.69) is 9.97 Å². The molecule has 0 saturated carbocycles. The van der Waals surface area contributed by atoms with Gasteiger partial charge in [0.1, 0.15) is 0 Å². The summed E-state index contributed by atoms with van der Waals surface area (Å²) in [5, 5.41) is 2.45. The number of fused-ring (bicyclic) bond motifs is 1. The zero-order valence-corrected chi connectivity index (χ0v) is 17.3. The van der Waals surface area contributed by atoms with Crippen LogP contribution in [0.2, 0.25) is 0 Å². The van der Waals surface area contributed by atoms with E-state index in [-0.39, 0.29) is 29.6 Å². The van der Waals surface area contributed by atoms with Crippen LogP contribution < -0.4 is 0 Å². The van der Waals surface area contributed by atoms with E-state index in [1.165, 1.54) is 16.1 Å². The van der Waals surface area contributed by atoms with Gasteiger partial charge in [-0.1, -0.05) is 42.1 Å². The average Bonchev–Trinajstić information content (AvgIpc) is 2.78. The third-order valence-electron chi connectivity index (χ3n) is 4.82. The van der Waals surface area contributed by atoms with Crippen LogP contribution in [0.15, 0.2) is 71.0 Å². The van der Waals surface area contributed by atoms with Crippen LogP contribution in [0.25, 0.3) is 10.8 Å². The zero-order chi connectivity index (χ0) is 20.3. The summed E-state index contributed by atoms with van der Waals surface area (Å²) in [4.78, 5) is 22.6. The molecule has 0 bridgehead atoms. The molecule has 2 heterocycles. The van der Waals surface area contributed by atoms with Crippen LogP contribution in [0.3, 0.4) is 0 Å². The zero-order valence-electron chi connectivity index (χ0n) is 15.6. The van der Waals surface area contributed by atoms with Crippen molar-refractivity contribution in [3.8, 4) is 0 Å². The third kappa shape index (κ3) is 4.42. The molecule has 3 aromatic rings. The highest BCUT2D eigenvalue weighted by Crippen LogP contribution is 2.23. The lowest BCUT2D eigenvalue weighted by molar-refractivity contribution is -0.129. The summed E-state index contributed by atoms with van der Waals surface area (Å²) in [6.07, 6.45) is 3.27. The summed E-state index contributed by atoms with van der Waals surface area (Å²) in [5.41, 5.74) is 0. The van der Waals surface area contributed by atoms with Crippen molar-refractivity contribution in [1.29, 1.82) is 0 Å². The van der Waals surface area contributed by atoms with E-state index in [1.54, 1.807) is 35.5 Å². The fraction of sp³-hybridized carbons (Fsp3) is 0.250. The monoisotopic (exact) mass is 428 g/mol. The molecule has 7 nitrogen and oxygen atoms in total. The predicted molar refractivity (Wildman–Crippen MR) is 112 cm³/mol. The number of thioether (sulfide) groups is 1. The van der Waals surface area contributed by atoms with Crippen molar-refractivity contribution < 1.29 is 13.2 Å². The number of sulfonamides is 1. The number of carbonyl (C=O) groups excluding carboxylic acids is 1. The number of amides is 1. The van der Waals surface area contributed by atoms with Gasteiger partial charge in [-0.05, 0) is 29.0 Å². The number of piperazine rings is 1. The van der Waals surface area contributed by atoms with Crippen molar-refractivity contribution in [3.05, 3.63) is 60.9 Å². The summed E-state index contributed by atoms with van der Waals surface area (Å²) in [5.74, 6) is 0.201. The molecule has 0 radical (unpaired) electrons. The Kier molecular flexibility index (Phi) is 5.79. The number of nitrogens with zero attached hydrogens (tertiary/aromatic N) is 4. The molecule has 0 unspecified atom stereocenters. The molecule has 1 aromatic heterocycles. The van der Waals surface area contributed by atoms with Crippen LogP contribution in [-0.4, -0.2) is 65.4 Å². The van der Waals surface area contributed by atoms with E-state index >= 15 is 0 Å². The first-order chi connectivity index (χ1) is 14.0. The summed E-state index contributed by atoms with van der Waals surface area (Å²) >= 11 is 1.28. The number of aromatic nitrogens is 2. The smallest absolute Gasteiger partial charge is 0.243 e. The molecular weight excluding hydrogens is 408 g/mol. The van der Waals surface area contributed by atoms with Crippen molar-refractivity contribution in [3.63, 3.8) is 0 Å². The predicted octanol–water partition coefficient (Wildman–Crippen LogP) is 2.25. The van der Waals surface area contributed by atoms with Crippen molar-refractivity contribution in [1.82, 2.24) is 19.2 Å². The molecule has 4 rings (SSSR count). The second-order valence-electron chi connectivity index (χ2n) is 6.61. The second kappa shape index (κ2) is 8.48. The Labute approximate surface area is 173 Å². The van der Waals surface area contributed by atoms with E-state index in [1.807, 2.05) is 30.3 Å². The van der Waals surface area contributed by atoms with Crippen molar-refractivity contribution in [2.45, 2.75) is 10.1 Å². The lowest BCUT2D eigenvalue weighted by atomic mass is 10.1. The molecule has 2 aromatic carbocycles. The Morgan fingerprint density at radius 3 is 2.34 bits per heavy atom. The first-order valence-electron chi connectivity index (χ1n) is 9.20. The van der Waals surface area contributed by atoms with Crippen molar-refractivity contribution in [2.24, 2.45) is 0 Å². The first kappa shape index (κ1) is 19.8. The Morgan fingerprint density at radius 1 is 0.931 bits per heavy atom. The Morgan fingerprint density at radius 2 is 1.62 bits per heavy atom. The van der Waals surface area contributed by atoms with Crippen LogP contribution in [0.5, 0.6) is 0 Å². The fourth-order valence-corrected chi connectivity index (χ4v) is 5.40. The molecule has 0 atom stereocenters. The summed E-state index contributed by atoms with van der Waals surface area (Å²) in [6.45, 7) is 1.32. The van der Waals surface area contributed by atoms with Crippen LogP contribution in [0.4, 0.5) is 0 Å². The molecule has 1 amide bonds. The van der Waals surface area contributed by atoms with Gasteiger partial charge >= 0.3 is 0 Å². The summed E-state index contributed by atoms with van der Waals surface area (Å²) in [6, 6.07) is 14.6. The number of rotatable bonds is 5. The molecular formula is C20H20N4O3S2. The van der Waals surface area contributed by atoms with Gasteiger partial charge in [-0.2, -0.15) is 4.31 Å². The van der Waals surface area contributed by atoms with Gasteiger partial charge < -0.3 is 4.90 Å². The van der Waals surface area contributed by atoms with Gasteiger partial charge in [0.25, 0.3) is 0 Å². The minimum absolute atomic E-state index is 0.0368. The standard InChI is InChI=1S/C20H20N4O3S2/c25-19(15-28-20-21-8-3-9-22-20)23-10-12-24(13-11-23)29(26,27)18-7-6-16-4-1-2-5-17(16)14-18/h1-9,14H,10-13,15H2. The molecule has 1 saturated heterocycles. The molecule has 150 valence electrons. The number of benzene rings is 2. The van der Waals surface area contributed by atoms with Crippen LogP contribution >= 0.6 is 11.8 Å². The highest BCUT2D eigenvalue weighted by atomic mass is 32.2. The maximum absolute atomic E-state index is 13.0. The van der Waals surface area contributed by atoms with Crippen LogP contribution in [0, 0.1) is 0 Å². The number of carbonyl (C=O) groups is 1. The molecule has 29 heavy (non-hydrogen) atoms. The number of hydrogen-bond donors (Lipinski definition) is 0. The first-order valence-corrected chi connectivity index (χ1v) is 11.6. The lowest BCUT2D eigenvalue weighted by Gasteiger charge is -2.34. The van der Waals surface area contributed by atoms with E-state index in [0.717, 1.165) is 10.8 Å². The van der Waals surface area contributed by atoms with Gasteiger partial charge in [0, 0.05) is 38.6 Å². The molecule has 1 aliphatic heterocycles. The summed E-state index contributed by atoms with van der Waals surface area (Å²) < 4.78 is 27.5. The number of hydrogen-bond acceptors (Lipinski definition) is 6. The molecule has 0 N–H and O–H groups in total. The highest BCUT2D eigenvalue weighted by molar-refractivity contribution is 7.99. The molecule has 0 aliphatic carbocycles. The van der Waals surface area contributed by atoms with Gasteiger partial charge in [0.05, 0.1) is 10.6 Å². The van der Waals surface area contributed by atoms with Gasteiger partial charge in [-0.3, -0.25) is 4.79 Å². The van der Waals surface area contributed by atoms with Gasteiger partial charge in [-0.15, -0.1) is 0 Å². The molecule has 0 spiro atoms. The van der Waals surface area contributed by atoms with Gasteiger partial charge in [0.15, 0.2) is 5.16 Å². The maximum atomic E-state index is 13.0. The minimum Gasteiger partial charge on any atom is -0.339 e. The quantitative estimate of drug-likeness (QED) is 0.458. The van der Waals surface area contributed by atoms with E-state index in [9.17, 15) is 13.2 Å². The van der Waals surface area contributed by atoms with Gasteiger partial charge in [0.2, 0.25) is 15.9 Å². The second-order valence-corrected chi connectivity index (χ2v) is 9.49. The Hall–Kier alpha value is -2.49. The lowest BCUT2D eigenvalue weighted by Crippen LogP contribution is -2.50. The fourth-order valence-electron chi connectivity index (χ4n) is 3.23. The van der Waals surface area contributed by atoms with Gasteiger partial charge in [-0.25, -0.2) is 18.4 Å². The Balaban J connectivity index is 1.38. The van der Waals surface area contributed by atoms with E-state index < -0.39 is 10.0 Å². The topological polar surface area (TPSA) is 83.5 Å². The van der Waals surface area contributed by atoms with E-state index in [0.29, 0.717) is 18.2 Å². The molecule has 1 aliphatic rings.